The predicted molar refractivity (Wildman–Crippen MR) is 31.7 cm³/mol. The first-order valence-electron chi connectivity index (χ1n) is 0.814. The SMILES string of the molecule is S=C(S)OS.[Mo]. The van der Waals surface area contributed by atoms with Crippen LogP contribution in [0.2, 0.25) is 0 Å². The van der Waals surface area contributed by atoms with E-state index in [-0.39, 0.29) is 25.4 Å². The van der Waals surface area contributed by atoms with Crippen molar-refractivity contribution in [1.82, 2.24) is 0 Å². The minimum Gasteiger partial charge on any atom is -0.411 e. The summed E-state index contributed by atoms with van der Waals surface area (Å²) in [6.45, 7) is 0. The van der Waals surface area contributed by atoms with Crippen molar-refractivity contribution in [1.29, 1.82) is 0 Å². The van der Waals surface area contributed by atoms with Crippen LogP contribution in [0, 0.1) is 0 Å². The summed E-state index contributed by atoms with van der Waals surface area (Å²) in [6.07, 6.45) is 0. The molecule has 0 saturated carbocycles. The molecule has 0 amide bonds. The maximum Gasteiger partial charge on any atom is 0.231 e. The average Bonchev–Trinajstić information content (AvgIpc) is 1.38. The maximum absolute atomic E-state index is 4.26. The quantitative estimate of drug-likeness (QED) is 0.274. The maximum atomic E-state index is 4.26. The first kappa shape index (κ1) is 10.3. The van der Waals surface area contributed by atoms with E-state index in [1.165, 1.54) is 0 Å². The molecule has 36 valence electrons. The molecule has 0 aromatic carbocycles. The van der Waals surface area contributed by atoms with Gasteiger partial charge in [-0.05, 0) is 12.2 Å². The van der Waals surface area contributed by atoms with Crippen LogP contribution < -0.4 is 0 Å². The van der Waals surface area contributed by atoms with Crippen LogP contribution in [0.15, 0.2) is 0 Å². The number of hydrogen-bond acceptors (Lipinski definition) is 3. The summed E-state index contributed by atoms with van der Waals surface area (Å²) in [7, 11) is 0. The zero-order valence-corrected chi connectivity index (χ0v) is 7.23. The van der Waals surface area contributed by atoms with E-state index >= 15 is 0 Å². The van der Waals surface area contributed by atoms with E-state index in [0.717, 1.165) is 0 Å². The van der Waals surface area contributed by atoms with Gasteiger partial charge in [0.05, 0.1) is 0 Å². The average molecular weight is 222 g/mol. The molecule has 0 bridgehead atoms. The summed E-state index contributed by atoms with van der Waals surface area (Å²) >= 11 is 11.1. The van der Waals surface area contributed by atoms with Gasteiger partial charge in [0.2, 0.25) is 4.38 Å². The third-order valence-electron chi connectivity index (χ3n) is 0.0781. The predicted octanol–water partition coefficient (Wildman–Crippen LogP) is 1.06. The molecule has 0 atom stereocenters. The third-order valence-corrected chi connectivity index (χ3v) is 0.703. The number of hydrogen-bond donors (Lipinski definition) is 2. The monoisotopic (exact) mass is 224 g/mol. The van der Waals surface area contributed by atoms with Gasteiger partial charge in [-0.15, -0.1) is 0 Å². The van der Waals surface area contributed by atoms with Crippen molar-refractivity contribution in [2.24, 2.45) is 0 Å². The first-order valence-corrected chi connectivity index (χ1v) is 2.04. The van der Waals surface area contributed by atoms with Gasteiger partial charge in [0.25, 0.3) is 0 Å². The summed E-state index contributed by atoms with van der Waals surface area (Å²) in [5, 5.41) is 0. The largest absolute Gasteiger partial charge is 0.411 e. The Labute approximate surface area is 67.1 Å². The van der Waals surface area contributed by atoms with E-state index < -0.39 is 0 Å². The molecule has 0 N–H and O–H groups in total. The Bertz CT molecular complexity index is 46.1. The zero-order valence-electron chi connectivity index (χ0n) is 2.62. The fraction of sp³-hybridized carbons (Fsp3) is 0. The molecule has 5 heteroatoms. The molecule has 0 aliphatic heterocycles. The van der Waals surface area contributed by atoms with Crippen LogP contribution in [0.3, 0.4) is 0 Å². The topological polar surface area (TPSA) is 9.23 Å². The molecule has 0 aliphatic carbocycles. The molecular weight excluding hydrogens is 220 g/mol. The Morgan fingerprint density at radius 1 is 1.67 bits per heavy atom. The van der Waals surface area contributed by atoms with Crippen molar-refractivity contribution in [3.8, 4) is 0 Å². The van der Waals surface area contributed by atoms with Crippen LogP contribution >= 0.6 is 37.8 Å². The first-order chi connectivity index (χ1) is 2.27. The van der Waals surface area contributed by atoms with E-state index in [1.807, 2.05) is 0 Å². The molecule has 0 spiro atoms. The summed E-state index contributed by atoms with van der Waals surface area (Å²) < 4.78 is 4.19. The van der Waals surface area contributed by atoms with Gasteiger partial charge >= 0.3 is 0 Å². The zero-order chi connectivity index (χ0) is 4.28. The summed E-state index contributed by atoms with van der Waals surface area (Å²) in [6, 6.07) is 0. The van der Waals surface area contributed by atoms with Crippen LogP contribution in [-0.4, -0.2) is 4.38 Å². The molecule has 0 heterocycles. The van der Waals surface area contributed by atoms with Gasteiger partial charge in [0.15, 0.2) is 0 Å². The summed E-state index contributed by atoms with van der Waals surface area (Å²) in [4.78, 5) is 0. The van der Waals surface area contributed by atoms with Crippen molar-refractivity contribution >= 4 is 42.1 Å². The fourth-order valence-corrected chi connectivity index (χ4v) is 0. The molecule has 1 nitrogen and oxygen atoms in total. The Morgan fingerprint density at radius 2 is 1.83 bits per heavy atom. The third kappa shape index (κ3) is 8.99. The van der Waals surface area contributed by atoms with Crippen molar-refractivity contribution in [3.05, 3.63) is 0 Å². The molecule has 0 aromatic rings. The number of thiocarbonyl (C=S) groups is 1. The standard InChI is InChI=1S/CH2OS3.Mo/c3-1(4)2-5;/h5H,(H,3,4);. The molecule has 0 fully saturated rings. The van der Waals surface area contributed by atoms with Crippen LogP contribution in [0.25, 0.3) is 0 Å². The normalized spacial score (nSPS) is 5.67. The second kappa shape index (κ2) is 6.28. The molecule has 0 radical (unpaired) electrons. The van der Waals surface area contributed by atoms with Crippen molar-refractivity contribution in [2.75, 3.05) is 0 Å². The van der Waals surface area contributed by atoms with Gasteiger partial charge in [-0.1, -0.05) is 12.6 Å². The molecule has 0 aromatic heterocycles. The number of thiol groups is 2. The smallest absolute Gasteiger partial charge is 0.231 e. The van der Waals surface area contributed by atoms with Gasteiger partial charge in [0, 0.05) is 34.0 Å². The molecule has 0 unspecified atom stereocenters. The fourth-order valence-electron chi connectivity index (χ4n) is 0. The van der Waals surface area contributed by atoms with Crippen LogP contribution in [0.4, 0.5) is 0 Å². The molecule has 0 rings (SSSR count). The minimum atomic E-state index is 0. The van der Waals surface area contributed by atoms with Gasteiger partial charge in [-0.3, -0.25) is 0 Å². The molecule has 6 heavy (non-hydrogen) atoms. The Hall–Kier alpha value is 1.28. The summed E-state index contributed by atoms with van der Waals surface area (Å²) in [5.41, 5.74) is 0. The molecule has 0 saturated heterocycles. The van der Waals surface area contributed by atoms with E-state index in [2.05, 4.69) is 41.9 Å². The molecule has 0 aliphatic rings. The Morgan fingerprint density at radius 3 is 1.83 bits per heavy atom. The van der Waals surface area contributed by atoms with Gasteiger partial charge in [0.1, 0.15) is 0 Å². The van der Waals surface area contributed by atoms with E-state index in [4.69, 9.17) is 0 Å². The Kier molecular flexibility index (Phi) is 10.8. The van der Waals surface area contributed by atoms with Crippen molar-refractivity contribution in [3.63, 3.8) is 0 Å². The van der Waals surface area contributed by atoms with E-state index in [0.29, 0.717) is 0 Å². The van der Waals surface area contributed by atoms with E-state index in [1.54, 1.807) is 0 Å². The van der Waals surface area contributed by atoms with Crippen LogP contribution in [0.1, 0.15) is 0 Å². The molecular formula is CH2MoOS3. The van der Waals surface area contributed by atoms with Crippen molar-refractivity contribution in [2.45, 2.75) is 0 Å². The Balaban J connectivity index is 0. The second-order valence-electron chi connectivity index (χ2n) is 0.357. The van der Waals surface area contributed by atoms with Crippen molar-refractivity contribution < 1.29 is 25.2 Å². The van der Waals surface area contributed by atoms with E-state index in [9.17, 15) is 0 Å². The second-order valence-corrected chi connectivity index (χ2v) is 1.62. The van der Waals surface area contributed by atoms with Gasteiger partial charge < -0.3 is 4.18 Å². The minimum absolute atomic E-state index is 0. The van der Waals surface area contributed by atoms with Crippen LogP contribution in [-0.2, 0) is 25.2 Å². The van der Waals surface area contributed by atoms with Crippen LogP contribution in [0.5, 0.6) is 0 Å². The van der Waals surface area contributed by atoms with Gasteiger partial charge in [-0.2, -0.15) is 0 Å². The summed E-state index contributed by atoms with van der Waals surface area (Å²) in [5.74, 6) is 0. The number of rotatable bonds is 0. The van der Waals surface area contributed by atoms with Gasteiger partial charge in [-0.25, -0.2) is 0 Å².